The number of carbonyl (C=O) groups is 1. The maximum Gasteiger partial charge on any atom is 0.274 e. The van der Waals surface area contributed by atoms with Crippen LogP contribution in [0.3, 0.4) is 0 Å². The molecule has 0 aliphatic heterocycles. The van der Waals surface area contributed by atoms with Crippen LogP contribution in [-0.2, 0) is 11.3 Å². The van der Waals surface area contributed by atoms with Crippen LogP contribution in [0, 0.1) is 6.92 Å². The molecule has 3 N–H and O–H groups in total. The van der Waals surface area contributed by atoms with Gasteiger partial charge in [-0.2, -0.15) is 5.10 Å². The summed E-state index contributed by atoms with van der Waals surface area (Å²) in [5.41, 5.74) is 6.10. The van der Waals surface area contributed by atoms with Gasteiger partial charge in [-0.1, -0.05) is 24.9 Å². The fraction of sp³-hybridized carbons (Fsp3) is 0.643. The summed E-state index contributed by atoms with van der Waals surface area (Å²) in [6, 6.07) is 0.0269. The first-order chi connectivity index (χ1) is 10.9. The van der Waals surface area contributed by atoms with Gasteiger partial charge < -0.3 is 10.1 Å². The van der Waals surface area contributed by atoms with Gasteiger partial charge in [-0.25, -0.2) is 0 Å². The molecule has 0 aliphatic carbocycles. The number of amides is 1. The molecule has 1 aromatic rings. The van der Waals surface area contributed by atoms with Crippen LogP contribution in [0.1, 0.15) is 42.7 Å². The van der Waals surface area contributed by atoms with Gasteiger partial charge in [-0.05, 0) is 32.5 Å². The average Bonchev–Trinajstić information content (AvgIpc) is 2.77. The standard InChI is InChI=1S/C14H24ClN5O2S/c1-5-6-7-20-12(15)11(10(3)19-20)13(21)17-18-14(23)16-9(2)8-22-4/h9H,5-8H2,1-4H3,(H,17,21)(H2,16,18,23)/t9-/m0/s1. The predicted octanol–water partition coefficient (Wildman–Crippen LogP) is 1.79. The van der Waals surface area contributed by atoms with Crippen molar-refractivity contribution in [2.45, 2.75) is 46.2 Å². The SMILES string of the molecule is CCCCn1nc(C)c(C(=O)NNC(=S)N[C@@H](C)COC)c1Cl. The lowest BCUT2D eigenvalue weighted by Gasteiger charge is -2.16. The molecule has 0 bridgehead atoms. The molecule has 1 rings (SSSR count). The lowest BCUT2D eigenvalue weighted by molar-refractivity contribution is 0.0943. The van der Waals surface area contributed by atoms with E-state index in [-0.39, 0.29) is 11.9 Å². The highest BCUT2D eigenvalue weighted by atomic mass is 35.5. The highest BCUT2D eigenvalue weighted by Crippen LogP contribution is 2.20. The molecule has 0 aromatic carbocycles. The first-order valence-corrected chi connectivity index (χ1v) is 8.28. The smallest absolute Gasteiger partial charge is 0.274 e. The third-order valence-electron chi connectivity index (χ3n) is 3.10. The third kappa shape index (κ3) is 5.96. The van der Waals surface area contributed by atoms with E-state index in [4.69, 9.17) is 28.6 Å². The number of ether oxygens (including phenoxy) is 1. The second kappa shape index (κ2) is 9.69. The Balaban J connectivity index is 2.61. The van der Waals surface area contributed by atoms with E-state index < -0.39 is 0 Å². The fourth-order valence-corrected chi connectivity index (χ4v) is 2.59. The van der Waals surface area contributed by atoms with Crippen molar-refractivity contribution in [2.75, 3.05) is 13.7 Å². The largest absolute Gasteiger partial charge is 0.383 e. The summed E-state index contributed by atoms with van der Waals surface area (Å²) in [4.78, 5) is 12.3. The van der Waals surface area contributed by atoms with E-state index >= 15 is 0 Å². The highest BCUT2D eigenvalue weighted by Gasteiger charge is 2.20. The summed E-state index contributed by atoms with van der Waals surface area (Å²) in [7, 11) is 1.61. The average molecular weight is 362 g/mol. The molecule has 0 aliphatic rings. The van der Waals surface area contributed by atoms with E-state index in [1.165, 1.54) is 0 Å². The van der Waals surface area contributed by atoms with Gasteiger partial charge in [0.15, 0.2) is 5.11 Å². The summed E-state index contributed by atoms with van der Waals surface area (Å²) in [6.07, 6.45) is 1.98. The molecule has 7 nitrogen and oxygen atoms in total. The quantitative estimate of drug-likeness (QED) is 0.507. The Morgan fingerprint density at radius 1 is 1.48 bits per heavy atom. The van der Waals surface area contributed by atoms with Gasteiger partial charge in [0.2, 0.25) is 0 Å². The summed E-state index contributed by atoms with van der Waals surface area (Å²) >= 11 is 11.3. The summed E-state index contributed by atoms with van der Waals surface area (Å²) < 4.78 is 6.65. The van der Waals surface area contributed by atoms with Crippen LogP contribution in [-0.4, -0.2) is 40.6 Å². The molecule has 1 heterocycles. The number of methoxy groups -OCH3 is 1. The van der Waals surface area contributed by atoms with Crippen molar-refractivity contribution in [3.8, 4) is 0 Å². The number of nitrogens with one attached hydrogen (secondary N) is 3. The molecule has 9 heteroatoms. The monoisotopic (exact) mass is 361 g/mol. The minimum absolute atomic E-state index is 0.0269. The molecule has 0 radical (unpaired) electrons. The number of unbranched alkanes of at least 4 members (excludes halogenated alkanes) is 1. The Morgan fingerprint density at radius 3 is 2.78 bits per heavy atom. The van der Waals surface area contributed by atoms with E-state index in [2.05, 4.69) is 28.2 Å². The number of thiocarbonyl (C=S) groups is 1. The maximum absolute atomic E-state index is 12.3. The molecule has 0 fully saturated rings. The first kappa shape index (κ1) is 19.7. The van der Waals surface area contributed by atoms with Gasteiger partial charge in [-0.3, -0.25) is 20.3 Å². The minimum atomic E-state index is -0.376. The van der Waals surface area contributed by atoms with Gasteiger partial charge in [0.25, 0.3) is 5.91 Å². The van der Waals surface area contributed by atoms with Gasteiger partial charge in [0.05, 0.1) is 12.3 Å². The zero-order valence-corrected chi connectivity index (χ0v) is 15.5. The van der Waals surface area contributed by atoms with Crippen LogP contribution in [0.5, 0.6) is 0 Å². The number of hydrogen-bond donors (Lipinski definition) is 3. The number of nitrogens with zero attached hydrogens (tertiary/aromatic N) is 2. The number of halogens is 1. The molecule has 0 unspecified atom stereocenters. The van der Waals surface area contributed by atoms with Crippen molar-refractivity contribution in [2.24, 2.45) is 0 Å². The molecule has 130 valence electrons. The lowest BCUT2D eigenvalue weighted by Crippen LogP contribution is -2.50. The Hall–Kier alpha value is -1.38. The predicted molar refractivity (Wildman–Crippen MR) is 94.6 cm³/mol. The third-order valence-corrected chi connectivity index (χ3v) is 3.70. The number of rotatable bonds is 7. The molecule has 0 spiro atoms. The van der Waals surface area contributed by atoms with E-state index in [9.17, 15) is 4.79 Å². The maximum atomic E-state index is 12.3. The van der Waals surface area contributed by atoms with E-state index in [0.717, 1.165) is 12.8 Å². The first-order valence-electron chi connectivity index (χ1n) is 7.49. The lowest BCUT2D eigenvalue weighted by atomic mass is 10.2. The Labute approximate surface area is 147 Å². The summed E-state index contributed by atoms with van der Waals surface area (Å²) in [5, 5.41) is 7.91. The highest BCUT2D eigenvalue weighted by molar-refractivity contribution is 7.80. The zero-order valence-electron chi connectivity index (χ0n) is 13.9. The van der Waals surface area contributed by atoms with E-state index in [1.54, 1.807) is 18.7 Å². The molecule has 1 aromatic heterocycles. The van der Waals surface area contributed by atoms with Gasteiger partial charge >= 0.3 is 0 Å². The normalized spacial score (nSPS) is 11.9. The topological polar surface area (TPSA) is 80.2 Å². The molecule has 0 saturated heterocycles. The van der Waals surface area contributed by atoms with E-state index in [0.29, 0.717) is 34.7 Å². The van der Waals surface area contributed by atoms with Crippen LogP contribution < -0.4 is 16.2 Å². The van der Waals surface area contributed by atoms with Crippen molar-refractivity contribution in [1.29, 1.82) is 0 Å². The number of hydrogen-bond acceptors (Lipinski definition) is 4. The summed E-state index contributed by atoms with van der Waals surface area (Å²) in [6.45, 7) is 6.94. The van der Waals surface area contributed by atoms with Gasteiger partial charge in [0, 0.05) is 19.7 Å². The molecular weight excluding hydrogens is 338 g/mol. The van der Waals surface area contributed by atoms with Crippen LogP contribution >= 0.6 is 23.8 Å². The molecule has 23 heavy (non-hydrogen) atoms. The van der Waals surface area contributed by atoms with Crippen LogP contribution in [0.2, 0.25) is 5.15 Å². The van der Waals surface area contributed by atoms with Crippen molar-refractivity contribution >= 4 is 34.8 Å². The summed E-state index contributed by atoms with van der Waals surface area (Å²) in [5.74, 6) is -0.376. The number of carbonyl (C=O) groups excluding carboxylic acids is 1. The van der Waals surface area contributed by atoms with E-state index in [1.807, 2.05) is 6.92 Å². The number of aryl methyl sites for hydroxylation is 2. The van der Waals surface area contributed by atoms with Crippen molar-refractivity contribution in [3.63, 3.8) is 0 Å². The molecule has 1 amide bonds. The molecule has 0 saturated carbocycles. The Kier molecular flexibility index (Phi) is 8.29. The molecule has 1 atom stereocenters. The second-order valence-electron chi connectivity index (χ2n) is 5.24. The number of aromatic nitrogens is 2. The van der Waals surface area contributed by atoms with Crippen molar-refractivity contribution in [3.05, 3.63) is 16.4 Å². The van der Waals surface area contributed by atoms with Gasteiger partial charge in [-0.15, -0.1) is 0 Å². The Bertz CT molecular complexity index is 550. The number of hydrazine groups is 1. The van der Waals surface area contributed by atoms with Gasteiger partial charge in [0.1, 0.15) is 10.7 Å². The zero-order chi connectivity index (χ0) is 17.4. The minimum Gasteiger partial charge on any atom is -0.383 e. The van der Waals surface area contributed by atoms with Crippen LogP contribution in [0.15, 0.2) is 0 Å². The van der Waals surface area contributed by atoms with Crippen molar-refractivity contribution < 1.29 is 9.53 Å². The second-order valence-corrected chi connectivity index (χ2v) is 6.00. The van der Waals surface area contributed by atoms with Crippen molar-refractivity contribution in [1.82, 2.24) is 25.9 Å². The van der Waals surface area contributed by atoms with Crippen LogP contribution in [0.4, 0.5) is 0 Å². The fourth-order valence-electron chi connectivity index (χ4n) is 1.99. The molecular formula is C14H24ClN5O2S. The van der Waals surface area contributed by atoms with Crippen LogP contribution in [0.25, 0.3) is 0 Å². The Morgan fingerprint density at radius 2 is 2.17 bits per heavy atom.